The highest BCUT2D eigenvalue weighted by Gasteiger charge is 2.06. The van der Waals surface area contributed by atoms with E-state index in [0.717, 1.165) is 15.7 Å². The lowest BCUT2D eigenvalue weighted by atomic mass is 10.1. The lowest BCUT2D eigenvalue weighted by Gasteiger charge is -2.13. The van der Waals surface area contributed by atoms with Crippen molar-refractivity contribution < 1.29 is 4.79 Å². The minimum Gasteiger partial charge on any atom is -0.356 e. The fourth-order valence-electron chi connectivity index (χ4n) is 2.35. The molecule has 0 fully saturated rings. The van der Waals surface area contributed by atoms with Crippen LogP contribution in [0.4, 0.5) is 5.69 Å². The first-order valence-electron chi connectivity index (χ1n) is 8.54. The predicted molar refractivity (Wildman–Crippen MR) is 127 cm³/mol. The van der Waals surface area contributed by atoms with Crippen molar-refractivity contribution in [1.29, 1.82) is 0 Å². The summed E-state index contributed by atoms with van der Waals surface area (Å²) in [6.07, 6.45) is 0.358. The molecule has 3 N–H and O–H groups in total. The van der Waals surface area contributed by atoms with E-state index in [1.54, 1.807) is 7.05 Å². The maximum absolute atomic E-state index is 12.1. The van der Waals surface area contributed by atoms with Crippen molar-refractivity contribution in [2.75, 3.05) is 18.9 Å². The zero-order valence-electron chi connectivity index (χ0n) is 15.8. The van der Waals surface area contributed by atoms with Gasteiger partial charge >= 0.3 is 0 Å². The first kappa shape index (κ1) is 23.4. The molecule has 2 aromatic rings. The van der Waals surface area contributed by atoms with E-state index in [-0.39, 0.29) is 29.9 Å². The second kappa shape index (κ2) is 12.0. The minimum atomic E-state index is -0.0345. The molecule has 0 heterocycles. The van der Waals surface area contributed by atoms with E-state index in [9.17, 15) is 4.79 Å². The van der Waals surface area contributed by atoms with Crippen LogP contribution in [0.25, 0.3) is 0 Å². The largest absolute Gasteiger partial charge is 0.356 e. The zero-order chi connectivity index (χ0) is 18.9. The van der Waals surface area contributed by atoms with Gasteiger partial charge in [0.05, 0.1) is 0 Å². The summed E-state index contributed by atoms with van der Waals surface area (Å²) in [5.41, 5.74) is 4.28. The van der Waals surface area contributed by atoms with Crippen LogP contribution in [0.15, 0.2) is 51.9 Å². The second-order valence-electron chi connectivity index (χ2n) is 6.10. The summed E-state index contributed by atoms with van der Waals surface area (Å²) < 4.78 is 0.942. The molecule has 0 aliphatic carbocycles. The summed E-state index contributed by atoms with van der Waals surface area (Å²) in [7, 11) is 1.72. The molecule has 0 bridgehead atoms. The van der Waals surface area contributed by atoms with E-state index in [0.29, 0.717) is 25.5 Å². The molecule has 2 rings (SSSR count). The molecule has 0 saturated carbocycles. The smallest absolute Gasteiger partial charge is 0.226 e. The number of aliphatic imine (C=N–C) groups is 1. The van der Waals surface area contributed by atoms with Gasteiger partial charge in [-0.3, -0.25) is 9.79 Å². The number of halogens is 2. The summed E-state index contributed by atoms with van der Waals surface area (Å²) in [5, 5.41) is 9.35. The average Bonchev–Trinajstić information content (AvgIpc) is 2.62. The van der Waals surface area contributed by atoms with Gasteiger partial charge in [-0.25, -0.2) is 0 Å². The third-order valence-corrected chi connectivity index (χ3v) is 4.42. The molecule has 1 amide bonds. The lowest BCUT2D eigenvalue weighted by molar-refractivity contribution is -0.116. The Labute approximate surface area is 186 Å². The van der Waals surface area contributed by atoms with Crippen LogP contribution in [0, 0.1) is 13.8 Å². The van der Waals surface area contributed by atoms with E-state index in [1.807, 2.05) is 25.1 Å². The van der Waals surface area contributed by atoms with E-state index >= 15 is 0 Å². The van der Waals surface area contributed by atoms with Gasteiger partial charge in [0.2, 0.25) is 5.91 Å². The van der Waals surface area contributed by atoms with Crippen LogP contribution < -0.4 is 16.0 Å². The summed E-state index contributed by atoms with van der Waals surface area (Å²) in [4.78, 5) is 16.3. The number of nitrogens with zero attached hydrogens (tertiary/aromatic N) is 1. The Hall–Kier alpha value is -1.61. The van der Waals surface area contributed by atoms with Crippen LogP contribution in [0.5, 0.6) is 0 Å². The van der Waals surface area contributed by atoms with Crippen LogP contribution in [0.3, 0.4) is 0 Å². The van der Waals surface area contributed by atoms with Crippen molar-refractivity contribution >= 4 is 57.5 Å². The molecule has 2 aromatic carbocycles. The number of hydrogen-bond acceptors (Lipinski definition) is 2. The molecule has 0 saturated heterocycles. The van der Waals surface area contributed by atoms with Crippen LogP contribution >= 0.6 is 39.9 Å². The van der Waals surface area contributed by atoms with Crippen LogP contribution in [-0.4, -0.2) is 25.5 Å². The van der Waals surface area contributed by atoms with E-state index in [2.05, 4.69) is 68.1 Å². The SMILES string of the molecule is CN=C(NCCC(=O)Nc1cc(Br)ccc1C)NCc1ccc(C)cc1.I. The molecule has 0 aromatic heterocycles. The number of amides is 1. The van der Waals surface area contributed by atoms with Crippen molar-refractivity contribution in [2.45, 2.75) is 26.8 Å². The first-order chi connectivity index (χ1) is 12.5. The van der Waals surface area contributed by atoms with Crippen molar-refractivity contribution in [2.24, 2.45) is 4.99 Å². The summed E-state index contributed by atoms with van der Waals surface area (Å²) in [5.74, 6) is 0.643. The van der Waals surface area contributed by atoms with E-state index in [1.165, 1.54) is 11.1 Å². The Morgan fingerprint density at radius 3 is 2.44 bits per heavy atom. The predicted octanol–water partition coefficient (Wildman–Crippen LogP) is 4.38. The Balaban J connectivity index is 0.00000364. The molecular formula is C20H26BrIN4O. The number of carbonyl (C=O) groups is 1. The molecule has 0 aliphatic rings. The third-order valence-electron chi connectivity index (χ3n) is 3.92. The normalized spacial score (nSPS) is 10.7. The molecule has 146 valence electrons. The average molecular weight is 545 g/mol. The van der Waals surface area contributed by atoms with Crippen LogP contribution in [-0.2, 0) is 11.3 Å². The monoisotopic (exact) mass is 544 g/mol. The summed E-state index contributed by atoms with van der Waals surface area (Å²) in [6.45, 7) is 5.23. The van der Waals surface area contributed by atoms with E-state index < -0.39 is 0 Å². The molecule has 0 radical (unpaired) electrons. The number of guanidine groups is 1. The highest BCUT2D eigenvalue weighted by atomic mass is 127. The Bertz CT molecular complexity index is 778. The minimum absolute atomic E-state index is 0. The maximum Gasteiger partial charge on any atom is 0.226 e. The van der Waals surface area contributed by atoms with Gasteiger partial charge in [-0.2, -0.15) is 0 Å². The molecular weight excluding hydrogens is 519 g/mol. The summed E-state index contributed by atoms with van der Waals surface area (Å²) >= 11 is 3.42. The van der Waals surface area contributed by atoms with Crippen LogP contribution in [0.1, 0.15) is 23.1 Å². The topological polar surface area (TPSA) is 65.5 Å². The van der Waals surface area contributed by atoms with Gasteiger partial charge < -0.3 is 16.0 Å². The number of anilines is 1. The standard InChI is InChI=1S/C20H25BrN4O.HI/c1-14-4-7-16(8-5-14)13-24-20(22-3)23-11-10-19(26)25-18-12-17(21)9-6-15(18)2;/h4-9,12H,10-11,13H2,1-3H3,(H,25,26)(H2,22,23,24);1H. The van der Waals surface area contributed by atoms with Crippen molar-refractivity contribution in [3.8, 4) is 0 Å². The van der Waals surface area contributed by atoms with Gasteiger partial charge in [-0.05, 0) is 37.1 Å². The Kier molecular flexibility index (Phi) is 10.4. The number of nitrogens with one attached hydrogen (secondary N) is 3. The number of carbonyl (C=O) groups excluding carboxylic acids is 1. The first-order valence-corrected chi connectivity index (χ1v) is 9.33. The quantitative estimate of drug-likeness (QED) is 0.287. The number of hydrogen-bond donors (Lipinski definition) is 3. The van der Waals surface area contributed by atoms with Gasteiger partial charge in [0, 0.05) is 36.7 Å². The van der Waals surface area contributed by atoms with Gasteiger partial charge in [0.1, 0.15) is 0 Å². The maximum atomic E-state index is 12.1. The fourth-order valence-corrected chi connectivity index (χ4v) is 2.71. The third kappa shape index (κ3) is 8.30. The molecule has 7 heteroatoms. The zero-order valence-corrected chi connectivity index (χ0v) is 19.7. The number of rotatable bonds is 6. The molecule has 0 spiro atoms. The Morgan fingerprint density at radius 1 is 1.07 bits per heavy atom. The van der Waals surface area contributed by atoms with Crippen molar-refractivity contribution in [3.05, 3.63) is 63.6 Å². The molecule has 27 heavy (non-hydrogen) atoms. The van der Waals surface area contributed by atoms with E-state index in [4.69, 9.17) is 0 Å². The summed E-state index contributed by atoms with van der Waals surface area (Å²) in [6, 6.07) is 14.2. The van der Waals surface area contributed by atoms with Gasteiger partial charge in [-0.1, -0.05) is 51.8 Å². The molecule has 5 nitrogen and oxygen atoms in total. The van der Waals surface area contributed by atoms with Crippen molar-refractivity contribution in [3.63, 3.8) is 0 Å². The molecule has 0 atom stereocenters. The fraction of sp³-hybridized carbons (Fsp3) is 0.300. The lowest BCUT2D eigenvalue weighted by Crippen LogP contribution is -2.38. The number of aryl methyl sites for hydroxylation is 2. The van der Waals surface area contributed by atoms with Crippen LogP contribution in [0.2, 0.25) is 0 Å². The highest BCUT2D eigenvalue weighted by molar-refractivity contribution is 14.0. The molecule has 0 aliphatic heterocycles. The molecule has 0 unspecified atom stereocenters. The Morgan fingerprint density at radius 2 is 1.78 bits per heavy atom. The van der Waals surface area contributed by atoms with Gasteiger partial charge in [-0.15, -0.1) is 24.0 Å². The van der Waals surface area contributed by atoms with Crippen molar-refractivity contribution in [1.82, 2.24) is 10.6 Å². The highest BCUT2D eigenvalue weighted by Crippen LogP contribution is 2.20. The second-order valence-corrected chi connectivity index (χ2v) is 7.01. The van der Waals surface area contributed by atoms with Gasteiger partial charge in [0.15, 0.2) is 5.96 Å². The van der Waals surface area contributed by atoms with Gasteiger partial charge in [0.25, 0.3) is 0 Å². The number of benzene rings is 2.